The molecule has 3 heterocycles. The molecule has 22 heavy (non-hydrogen) atoms. The van der Waals surface area contributed by atoms with Crippen LogP contribution in [-0.2, 0) is 29.6 Å². The van der Waals surface area contributed by atoms with E-state index in [1.54, 1.807) is 0 Å². The second-order valence-electron chi connectivity index (χ2n) is 6.68. The van der Waals surface area contributed by atoms with Crippen molar-refractivity contribution in [1.82, 2.24) is 19.6 Å². The smallest absolute Gasteiger partial charge is 0.228 e. The molecule has 0 N–H and O–H groups in total. The van der Waals surface area contributed by atoms with Crippen molar-refractivity contribution >= 4 is 11.8 Å². The Hall–Kier alpha value is -1.85. The molecule has 3 rings (SSSR count). The summed E-state index contributed by atoms with van der Waals surface area (Å²) in [5, 5.41) is 4.45. The lowest BCUT2D eigenvalue weighted by Crippen LogP contribution is -2.41. The third-order valence-electron chi connectivity index (χ3n) is 4.89. The quantitative estimate of drug-likeness (QED) is 0.814. The maximum atomic E-state index is 12.8. The van der Waals surface area contributed by atoms with E-state index in [4.69, 9.17) is 0 Å². The van der Waals surface area contributed by atoms with Crippen LogP contribution in [0, 0.1) is 12.8 Å². The van der Waals surface area contributed by atoms with Crippen LogP contribution in [0.15, 0.2) is 0 Å². The first-order valence-corrected chi connectivity index (χ1v) is 7.98. The Balaban J connectivity index is 1.72. The largest absolute Gasteiger partial charge is 0.339 e. The molecular formula is C16H24N4O2. The lowest BCUT2D eigenvalue weighted by atomic mass is 10.0. The van der Waals surface area contributed by atoms with Crippen LogP contribution in [0.2, 0.25) is 0 Å². The number of nitrogens with zero attached hydrogens (tertiary/aromatic N) is 4. The van der Waals surface area contributed by atoms with Crippen LogP contribution < -0.4 is 0 Å². The van der Waals surface area contributed by atoms with Crippen molar-refractivity contribution in [2.75, 3.05) is 13.1 Å². The van der Waals surface area contributed by atoms with Crippen LogP contribution in [-0.4, -0.2) is 50.5 Å². The first-order chi connectivity index (χ1) is 10.4. The number of rotatable bonds is 2. The van der Waals surface area contributed by atoms with Crippen molar-refractivity contribution in [3.05, 3.63) is 17.0 Å². The lowest BCUT2D eigenvalue weighted by Gasteiger charge is -2.30. The van der Waals surface area contributed by atoms with Crippen LogP contribution in [0.25, 0.3) is 0 Å². The molecule has 1 unspecified atom stereocenters. The standard InChI is InChI=1S/C16H24N4O2/c1-10(2)20-8-12(7-15(20)21)16(22)19-6-5-13-11(3)17-18(4)14(13)9-19/h10,12H,5-9H2,1-4H3. The highest BCUT2D eigenvalue weighted by molar-refractivity contribution is 5.89. The molecule has 1 atom stereocenters. The van der Waals surface area contributed by atoms with E-state index >= 15 is 0 Å². The molecule has 0 radical (unpaired) electrons. The SMILES string of the molecule is Cc1nn(C)c2c1CCN(C(=O)C1CC(=O)N(C(C)C)C1)C2. The number of likely N-dealkylation sites (tertiary alicyclic amines) is 1. The summed E-state index contributed by atoms with van der Waals surface area (Å²) in [6.45, 7) is 7.91. The second kappa shape index (κ2) is 5.41. The lowest BCUT2D eigenvalue weighted by molar-refractivity contribution is -0.136. The Morgan fingerprint density at radius 1 is 1.36 bits per heavy atom. The van der Waals surface area contributed by atoms with Crippen LogP contribution in [0.3, 0.4) is 0 Å². The third-order valence-corrected chi connectivity index (χ3v) is 4.89. The summed E-state index contributed by atoms with van der Waals surface area (Å²) in [7, 11) is 1.93. The fourth-order valence-corrected chi connectivity index (χ4v) is 3.62. The maximum Gasteiger partial charge on any atom is 0.228 e. The Morgan fingerprint density at radius 3 is 2.73 bits per heavy atom. The summed E-state index contributed by atoms with van der Waals surface area (Å²) in [5.74, 6) is 0.0224. The molecule has 0 saturated carbocycles. The molecular weight excluding hydrogens is 280 g/mol. The zero-order chi connectivity index (χ0) is 16.0. The number of hydrogen-bond donors (Lipinski definition) is 0. The van der Waals surface area contributed by atoms with Gasteiger partial charge in [-0.1, -0.05) is 0 Å². The molecule has 1 aromatic rings. The zero-order valence-corrected chi connectivity index (χ0v) is 13.8. The van der Waals surface area contributed by atoms with Gasteiger partial charge in [0.25, 0.3) is 0 Å². The fraction of sp³-hybridized carbons (Fsp3) is 0.688. The predicted octanol–water partition coefficient (Wildman–Crippen LogP) is 0.870. The van der Waals surface area contributed by atoms with Crippen LogP contribution in [0.4, 0.5) is 0 Å². The minimum atomic E-state index is -0.189. The topological polar surface area (TPSA) is 58.4 Å². The average molecular weight is 304 g/mol. The number of carbonyl (C=O) groups excluding carboxylic acids is 2. The molecule has 2 amide bonds. The minimum absolute atomic E-state index is 0.0995. The number of fused-ring (bicyclic) bond motifs is 1. The highest BCUT2D eigenvalue weighted by Gasteiger charge is 2.38. The van der Waals surface area contributed by atoms with Gasteiger partial charge >= 0.3 is 0 Å². The summed E-state index contributed by atoms with van der Waals surface area (Å²) in [4.78, 5) is 28.5. The molecule has 0 bridgehead atoms. The van der Waals surface area contributed by atoms with E-state index in [2.05, 4.69) is 5.10 Å². The van der Waals surface area contributed by atoms with Gasteiger partial charge in [0.05, 0.1) is 23.9 Å². The summed E-state index contributed by atoms with van der Waals surface area (Å²) in [5.41, 5.74) is 3.46. The van der Waals surface area contributed by atoms with Crippen molar-refractivity contribution in [3.63, 3.8) is 0 Å². The molecule has 120 valence electrons. The average Bonchev–Trinajstić information content (AvgIpc) is 2.99. The first-order valence-electron chi connectivity index (χ1n) is 7.98. The highest BCUT2D eigenvalue weighted by Crippen LogP contribution is 2.26. The second-order valence-corrected chi connectivity index (χ2v) is 6.68. The summed E-state index contributed by atoms with van der Waals surface area (Å²) < 4.78 is 1.88. The molecule has 0 spiro atoms. The minimum Gasteiger partial charge on any atom is -0.339 e. The number of hydrogen-bond acceptors (Lipinski definition) is 3. The van der Waals surface area contributed by atoms with Gasteiger partial charge in [-0.25, -0.2) is 0 Å². The monoisotopic (exact) mass is 304 g/mol. The zero-order valence-electron chi connectivity index (χ0n) is 13.8. The molecule has 0 aromatic carbocycles. The van der Waals surface area contributed by atoms with Gasteiger partial charge in [0.15, 0.2) is 0 Å². The van der Waals surface area contributed by atoms with Crippen LogP contribution in [0.1, 0.15) is 37.2 Å². The fourth-order valence-electron chi connectivity index (χ4n) is 3.62. The Labute approximate surface area is 131 Å². The van der Waals surface area contributed by atoms with Gasteiger partial charge in [0.1, 0.15) is 0 Å². The van der Waals surface area contributed by atoms with E-state index in [0.717, 1.165) is 24.4 Å². The molecule has 1 aromatic heterocycles. The van der Waals surface area contributed by atoms with Crippen molar-refractivity contribution in [2.45, 2.75) is 46.2 Å². The van der Waals surface area contributed by atoms with Gasteiger partial charge in [0.2, 0.25) is 11.8 Å². The first kappa shape index (κ1) is 15.1. The predicted molar refractivity (Wildman–Crippen MR) is 82.0 cm³/mol. The number of carbonyl (C=O) groups is 2. The molecule has 0 aliphatic carbocycles. The number of aromatic nitrogens is 2. The van der Waals surface area contributed by atoms with Crippen molar-refractivity contribution in [2.24, 2.45) is 13.0 Å². The molecule has 2 aliphatic heterocycles. The summed E-state index contributed by atoms with van der Waals surface area (Å²) in [6.07, 6.45) is 1.21. The van der Waals surface area contributed by atoms with E-state index in [0.29, 0.717) is 19.5 Å². The van der Waals surface area contributed by atoms with E-state index in [1.165, 1.54) is 5.56 Å². The van der Waals surface area contributed by atoms with Gasteiger partial charge in [-0.05, 0) is 32.8 Å². The Kier molecular flexibility index (Phi) is 3.70. The highest BCUT2D eigenvalue weighted by atomic mass is 16.2. The summed E-state index contributed by atoms with van der Waals surface area (Å²) in [6, 6.07) is 0.165. The van der Waals surface area contributed by atoms with Crippen molar-refractivity contribution in [1.29, 1.82) is 0 Å². The van der Waals surface area contributed by atoms with Gasteiger partial charge < -0.3 is 9.80 Å². The normalized spacial score (nSPS) is 21.7. The number of aryl methyl sites for hydroxylation is 2. The molecule has 2 aliphatic rings. The van der Waals surface area contributed by atoms with Crippen LogP contribution in [0.5, 0.6) is 0 Å². The molecule has 1 saturated heterocycles. The Bertz CT molecular complexity index is 620. The van der Waals surface area contributed by atoms with E-state index in [-0.39, 0.29) is 23.8 Å². The van der Waals surface area contributed by atoms with Gasteiger partial charge in [-0.2, -0.15) is 5.10 Å². The van der Waals surface area contributed by atoms with E-state index in [1.807, 2.05) is 42.3 Å². The van der Waals surface area contributed by atoms with Gasteiger partial charge in [-0.15, -0.1) is 0 Å². The van der Waals surface area contributed by atoms with Crippen molar-refractivity contribution < 1.29 is 9.59 Å². The van der Waals surface area contributed by atoms with E-state index in [9.17, 15) is 9.59 Å². The van der Waals surface area contributed by atoms with Gasteiger partial charge in [0, 0.05) is 32.6 Å². The molecule has 1 fully saturated rings. The molecule has 6 heteroatoms. The van der Waals surface area contributed by atoms with Crippen molar-refractivity contribution in [3.8, 4) is 0 Å². The van der Waals surface area contributed by atoms with Gasteiger partial charge in [-0.3, -0.25) is 14.3 Å². The maximum absolute atomic E-state index is 12.8. The van der Waals surface area contributed by atoms with Crippen LogP contribution >= 0.6 is 0 Å². The Morgan fingerprint density at radius 2 is 2.09 bits per heavy atom. The van der Waals surface area contributed by atoms with E-state index < -0.39 is 0 Å². The molecule has 6 nitrogen and oxygen atoms in total. The summed E-state index contributed by atoms with van der Waals surface area (Å²) >= 11 is 0. The third kappa shape index (κ3) is 2.40. The number of amides is 2.